The molecule has 23 heavy (non-hydrogen) atoms. The molecule has 0 amide bonds. The van der Waals surface area contributed by atoms with Crippen molar-refractivity contribution in [2.45, 2.75) is 0 Å². The Hall–Kier alpha value is -3.01. The second-order valence-corrected chi connectivity index (χ2v) is 5.56. The van der Waals surface area contributed by atoms with Crippen LogP contribution in [-0.2, 0) is 0 Å². The van der Waals surface area contributed by atoms with Gasteiger partial charge in [-0.05, 0) is 41.3 Å². The Bertz CT molecular complexity index is 1010. The van der Waals surface area contributed by atoms with E-state index >= 15 is 0 Å². The van der Waals surface area contributed by atoms with Crippen LogP contribution in [0.15, 0.2) is 49.0 Å². The first-order valence-electron chi connectivity index (χ1n) is 7.25. The van der Waals surface area contributed by atoms with Crippen molar-refractivity contribution in [1.82, 2.24) is 0 Å². The molecule has 0 aromatic heterocycles. The third-order valence-electron chi connectivity index (χ3n) is 4.27. The molecule has 0 fully saturated rings. The quantitative estimate of drug-likeness (QED) is 0.463. The summed E-state index contributed by atoms with van der Waals surface area (Å²) in [4.78, 5) is 0. The maximum atomic E-state index is 14.2. The van der Waals surface area contributed by atoms with Crippen molar-refractivity contribution in [3.63, 3.8) is 0 Å². The number of hydrogen-bond acceptors (Lipinski definition) is 3. The Morgan fingerprint density at radius 2 is 1.87 bits per heavy atom. The Balaban J connectivity index is 1.79. The van der Waals surface area contributed by atoms with Crippen molar-refractivity contribution in [3.8, 4) is 23.0 Å². The summed E-state index contributed by atoms with van der Waals surface area (Å²) in [5, 5.41) is 1.88. The molecule has 5 rings (SSSR count). The molecular weight excluding hydrogens is 295 g/mol. The lowest BCUT2D eigenvalue weighted by Gasteiger charge is -2.23. The van der Waals surface area contributed by atoms with E-state index in [4.69, 9.17) is 14.2 Å². The topological polar surface area (TPSA) is 27.7 Å². The minimum Gasteiger partial charge on any atom is -0.456 e. The Morgan fingerprint density at radius 3 is 2.78 bits per heavy atom. The molecule has 0 atom stereocenters. The third kappa shape index (κ3) is 1.63. The highest BCUT2D eigenvalue weighted by molar-refractivity contribution is 5.98. The molecule has 3 aromatic rings. The summed E-state index contributed by atoms with van der Waals surface area (Å²) in [6.07, 6.45) is 0. The van der Waals surface area contributed by atoms with Gasteiger partial charge in [-0.2, -0.15) is 0 Å². The van der Waals surface area contributed by atoms with E-state index in [1.54, 1.807) is 12.1 Å². The van der Waals surface area contributed by atoms with E-state index < -0.39 is 0 Å². The molecule has 0 bridgehead atoms. The van der Waals surface area contributed by atoms with Crippen LogP contribution >= 0.6 is 0 Å². The van der Waals surface area contributed by atoms with Gasteiger partial charge in [0.05, 0.1) is 5.56 Å². The van der Waals surface area contributed by atoms with Gasteiger partial charge in [0, 0.05) is 10.9 Å². The van der Waals surface area contributed by atoms with Gasteiger partial charge in [0.15, 0.2) is 11.5 Å². The van der Waals surface area contributed by atoms with E-state index in [2.05, 4.69) is 6.58 Å². The Kier molecular flexibility index (Phi) is 2.32. The largest absolute Gasteiger partial charge is 0.456 e. The highest BCUT2D eigenvalue weighted by atomic mass is 19.1. The zero-order valence-electron chi connectivity index (χ0n) is 12.1. The van der Waals surface area contributed by atoms with Crippen LogP contribution in [0.1, 0.15) is 11.1 Å². The van der Waals surface area contributed by atoms with Gasteiger partial charge in [0.2, 0.25) is 6.79 Å². The molecule has 0 spiro atoms. The van der Waals surface area contributed by atoms with Crippen LogP contribution in [0.4, 0.5) is 4.39 Å². The standard InChI is InChI=1S/C19H11FO3/c1-10-12-8-13-11(5-6-16-19(13)22-9-21-16)7-17(12)23-15-4-2-3-14(20)18(10)15/h2-8H,1,9H2. The van der Waals surface area contributed by atoms with Gasteiger partial charge in [-0.1, -0.05) is 18.7 Å². The lowest BCUT2D eigenvalue weighted by Crippen LogP contribution is -2.04. The zero-order valence-corrected chi connectivity index (χ0v) is 12.1. The van der Waals surface area contributed by atoms with Gasteiger partial charge in [-0.3, -0.25) is 0 Å². The molecule has 0 saturated heterocycles. The van der Waals surface area contributed by atoms with Gasteiger partial charge < -0.3 is 14.2 Å². The lowest BCUT2D eigenvalue weighted by molar-refractivity contribution is 0.175. The Morgan fingerprint density at radius 1 is 0.957 bits per heavy atom. The minimum atomic E-state index is -0.337. The Labute approximate surface area is 131 Å². The summed E-state index contributed by atoms with van der Waals surface area (Å²) in [6.45, 7) is 4.27. The first-order valence-corrected chi connectivity index (χ1v) is 7.25. The van der Waals surface area contributed by atoms with E-state index in [-0.39, 0.29) is 12.6 Å². The summed E-state index contributed by atoms with van der Waals surface area (Å²) in [6, 6.07) is 12.5. The van der Waals surface area contributed by atoms with Gasteiger partial charge in [0.25, 0.3) is 0 Å². The second kappa shape index (κ2) is 4.26. The van der Waals surface area contributed by atoms with Gasteiger partial charge in [-0.25, -0.2) is 4.39 Å². The summed E-state index contributed by atoms with van der Waals surface area (Å²) in [7, 11) is 0. The van der Waals surface area contributed by atoms with Crippen molar-refractivity contribution in [1.29, 1.82) is 0 Å². The first-order chi connectivity index (χ1) is 11.2. The van der Waals surface area contributed by atoms with Crippen molar-refractivity contribution >= 4 is 16.3 Å². The summed E-state index contributed by atoms with van der Waals surface area (Å²) in [5.74, 6) is 2.24. The number of hydrogen-bond donors (Lipinski definition) is 0. The molecule has 0 unspecified atom stereocenters. The van der Waals surface area contributed by atoms with E-state index in [0.29, 0.717) is 34.1 Å². The molecule has 0 aliphatic carbocycles. The molecule has 4 heteroatoms. The summed E-state index contributed by atoms with van der Waals surface area (Å²) in [5.41, 5.74) is 1.78. The van der Waals surface area contributed by atoms with Crippen LogP contribution in [0.2, 0.25) is 0 Å². The number of benzene rings is 3. The molecule has 0 saturated carbocycles. The molecule has 2 aliphatic rings. The minimum absolute atomic E-state index is 0.209. The van der Waals surface area contributed by atoms with Gasteiger partial charge >= 0.3 is 0 Å². The number of ether oxygens (including phenoxy) is 3. The average molecular weight is 306 g/mol. The molecule has 0 N–H and O–H groups in total. The van der Waals surface area contributed by atoms with Crippen LogP contribution in [-0.4, -0.2) is 6.79 Å². The predicted molar refractivity (Wildman–Crippen MR) is 84.7 cm³/mol. The normalized spacial score (nSPS) is 14.4. The fourth-order valence-electron chi connectivity index (χ4n) is 3.17. The van der Waals surface area contributed by atoms with Crippen LogP contribution in [0.25, 0.3) is 16.3 Å². The first kappa shape index (κ1) is 12.5. The SMILES string of the molecule is C=C1c2cc3c4c(ccc3cc2Oc2cccc(F)c21)OCO4. The highest BCUT2D eigenvalue weighted by Crippen LogP contribution is 2.48. The number of fused-ring (bicyclic) bond motifs is 5. The summed E-state index contributed by atoms with van der Waals surface area (Å²) < 4.78 is 31.0. The smallest absolute Gasteiger partial charge is 0.231 e. The van der Waals surface area contributed by atoms with Crippen molar-refractivity contribution < 1.29 is 18.6 Å². The van der Waals surface area contributed by atoms with E-state index in [1.807, 2.05) is 24.3 Å². The van der Waals surface area contributed by atoms with E-state index in [1.165, 1.54) is 6.07 Å². The lowest BCUT2D eigenvalue weighted by atomic mass is 9.92. The van der Waals surface area contributed by atoms with E-state index in [0.717, 1.165) is 16.3 Å². The second-order valence-electron chi connectivity index (χ2n) is 5.56. The van der Waals surface area contributed by atoms with Gasteiger partial charge in [-0.15, -0.1) is 0 Å². The zero-order chi connectivity index (χ0) is 15.6. The maximum Gasteiger partial charge on any atom is 0.231 e. The fourth-order valence-corrected chi connectivity index (χ4v) is 3.17. The van der Waals surface area contributed by atoms with Gasteiger partial charge in [0.1, 0.15) is 17.3 Å². The molecule has 3 nitrogen and oxygen atoms in total. The predicted octanol–water partition coefficient (Wildman–Crippen LogP) is 4.87. The van der Waals surface area contributed by atoms with Crippen molar-refractivity contribution in [2.75, 3.05) is 6.79 Å². The molecule has 112 valence electrons. The monoisotopic (exact) mass is 306 g/mol. The van der Waals surface area contributed by atoms with Crippen LogP contribution in [0.5, 0.6) is 23.0 Å². The van der Waals surface area contributed by atoms with Crippen LogP contribution < -0.4 is 14.2 Å². The number of halogens is 1. The molecule has 2 aliphatic heterocycles. The molecule has 3 aromatic carbocycles. The van der Waals surface area contributed by atoms with E-state index in [9.17, 15) is 4.39 Å². The van der Waals surface area contributed by atoms with Crippen molar-refractivity contribution in [2.24, 2.45) is 0 Å². The summed E-state index contributed by atoms with van der Waals surface area (Å²) >= 11 is 0. The molecular formula is C19H11FO3. The van der Waals surface area contributed by atoms with Crippen molar-refractivity contribution in [3.05, 3.63) is 66.0 Å². The fraction of sp³-hybridized carbons (Fsp3) is 0.0526. The maximum absolute atomic E-state index is 14.2. The average Bonchev–Trinajstić information content (AvgIpc) is 3.02. The molecule has 2 heterocycles. The number of rotatable bonds is 0. The molecule has 0 radical (unpaired) electrons. The highest BCUT2D eigenvalue weighted by Gasteiger charge is 2.26. The third-order valence-corrected chi connectivity index (χ3v) is 4.27. The van der Waals surface area contributed by atoms with Crippen LogP contribution in [0, 0.1) is 5.82 Å². The van der Waals surface area contributed by atoms with Crippen LogP contribution in [0.3, 0.4) is 0 Å².